The average Bonchev–Trinajstić information content (AvgIpc) is 3.07. The van der Waals surface area contributed by atoms with E-state index < -0.39 is 5.97 Å². The van der Waals surface area contributed by atoms with Gasteiger partial charge in [0.25, 0.3) is 5.91 Å². The Balaban J connectivity index is 1.65. The number of nitrogens with zero attached hydrogens (tertiary/aromatic N) is 1. The quantitative estimate of drug-likeness (QED) is 0.692. The van der Waals surface area contributed by atoms with E-state index in [1.54, 1.807) is 35.6 Å². The van der Waals surface area contributed by atoms with Crippen molar-refractivity contribution >= 4 is 45.9 Å². The molecule has 0 atom stereocenters. The molecule has 0 spiro atoms. The van der Waals surface area contributed by atoms with Crippen LogP contribution in [0.15, 0.2) is 41.2 Å². The molecule has 1 N–H and O–H groups in total. The number of fused-ring (bicyclic) bond motifs is 2. The highest BCUT2D eigenvalue weighted by Crippen LogP contribution is 2.35. The third-order valence-corrected chi connectivity index (χ3v) is 5.34. The number of halogens is 2. The lowest BCUT2D eigenvalue weighted by Crippen LogP contribution is -2.36. The van der Waals surface area contributed by atoms with Crippen molar-refractivity contribution in [3.05, 3.63) is 69.1 Å². The number of amides is 1. The minimum Gasteiger partial charge on any atom is -0.478 e. The molecule has 1 amide bonds. The van der Waals surface area contributed by atoms with Crippen LogP contribution < -0.4 is 0 Å². The molecule has 1 aliphatic heterocycles. The molecule has 26 heavy (non-hydrogen) atoms. The zero-order chi connectivity index (χ0) is 18.4. The largest absolute Gasteiger partial charge is 0.478 e. The van der Waals surface area contributed by atoms with Crippen LogP contribution in [0.3, 0.4) is 0 Å². The molecule has 0 unspecified atom stereocenters. The summed E-state index contributed by atoms with van der Waals surface area (Å²) in [4.78, 5) is 25.9. The van der Waals surface area contributed by atoms with E-state index in [9.17, 15) is 14.7 Å². The lowest BCUT2D eigenvalue weighted by Gasteiger charge is -2.30. The van der Waals surface area contributed by atoms with Gasteiger partial charge in [0.05, 0.1) is 28.1 Å². The highest BCUT2D eigenvalue weighted by molar-refractivity contribution is 6.39. The molecule has 0 fully saturated rings. The lowest BCUT2D eigenvalue weighted by molar-refractivity contribution is 0.0692. The molecular weight excluding hydrogens is 377 g/mol. The first-order valence-electron chi connectivity index (χ1n) is 7.94. The first-order chi connectivity index (χ1) is 12.5. The van der Waals surface area contributed by atoms with E-state index in [0.29, 0.717) is 25.1 Å². The molecule has 2 heterocycles. The Labute approximate surface area is 158 Å². The third-order valence-electron chi connectivity index (χ3n) is 4.63. The van der Waals surface area contributed by atoms with Gasteiger partial charge in [0.15, 0.2) is 0 Å². The van der Waals surface area contributed by atoms with Crippen LogP contribution in [0.2, 0.25) is 10.0 Å². The van der Waals surface area contributed by atoms with Crippen molar-refractivity contribution in [1.29, 1.82) is 0 Å². The van der Waals surface area contributed by atoms with Gasteiger partial charge in [-0.1, -0.05) is 29.3 Å². The van der Waals surface area contributed by atoms with Crippen LogP contribution in [-0.4, -0.2) is 28.4 Å². The van der Waals surface area contributed by atoms with E-state index in [0.717, 1.165) is 21.9 Å². The first kappa shape index (κ1) is 16.9. The fourth-order valence-electron chi connectivity index (χ4n) is 3.30. The summed E-state index contributed by atoms with van der Waals surface area (Å²) in [5.74, 6) is -1.26. The minimum atomic E-state index is -1.16. The zero-order valence-corrected chi connectivity index (χ0v) is 15.0. The number of benzene rings is 2. The third kappa shape index (κ3) is 2.73. The Morgan fingerprint density at radius 3 is 2.65 bits per heavy atom. The Morgan fingerprint density at radius 1 is 1.12 bits per heavy atom. The fraction of sp³-hybridized carbons (Fsp3) is 0.158. The lowest BCUT2D eigenvalue weighted by atomic mass is 9.96. The summed E-state index contributed by atoms with van der Waals surface area (Å²) in [5.41, 5.74) is 2.00. The van der Waals surface area contributed by atoms with Crippen molar-refractivity contribution in [2.45, 2.75) is 13.0 Å². The van der Waals surface area contributed by atoms with E-state index in [-0.39, 0.29) is 21.5 Å². The second kappa shape index (κ2) is 6.34. The molecule has 0 bridgehead atoms. The molecule has 132 valence electrons. The highest BCUT2D eigenvalue weighted by Gasteiger charge is 2.27. The topological polar surface area (TPSA) is 70.8 Å². The molecule has 0 radical (unpaired) electrons. The summed E-state index contributed by atoms with van der Waals surface area (Å²) >= 11 is 12.3. The van der Waals surface area contributed by atoms with E-state index in [1.165, 1.54) is 0 Å². The number of carbonyl (C=O) groups is 2. The van der Waals surface area contributed by atoms with Crippen LogP contribution >= 0.6 is 23.2 Å². The molecular formula is C19H13Cl2NO4. The van der Waals surface area contributed by atoms with E-state index in [1.807, 2.05) is 6.07 Å². The Morgan fingerprint density at radius 2 is 1.88 bits per heavy atom. The number of hydrogen-bond donors (Lipinski definition) is 1. The number of furan rings is 1. The number of rotatable bonds is 2. The molecule has 5 nitrogen and oxygen atoms in total. The summed E-state index contributed by atoms with van der Waals surface area (Å²) in [7, 11) is 0. The number of carboxylic acids is 1. The molecule has 3 aromatic rings. The van der Waals surface area contributed by atoms with Crippen LogP contribution in [0, 0.1) is 0 Å². The van der Waals surface area contributed by atoms with E-state index in [2.05, 4.69) is 0 Å². The molecule has 1 aliphatic rings. The molecule has 0 saturated heterocycles. The molecule has 1 aromatic heterocycles. The van der Waals surface area contributed by atoms with Crippen molar-refractivity contribution in [3.63, 3.8) is 0 Å². The van der Waals surface area contributed by atoms with Crippen molar-refractivity contribution in [2.75, 3.05) is 6.54 Å². The Hall–Kier alpha value is -2.50. The van der Waals surface area contributed by atoms with E-state index >= 15 is 0 Å². The molecule has 4 rings (SSSR count). The van der Waals surface area contributed by atoms with Crippen molar-refractivity contribution in [1.82, 2.24) is 4.90 Å². The monoisotopic (exact) mass is 389 g/mol. The smallest absolute Gasteiger partial charge is 0.338 e. The van der Waals surface area contributed by atoms with Gasteiger partial charge in [-0.15, -0.1) is 0 Å². The number of carboxylic acid groups (broad SMARTS) is 1. The summed E-state index contributed by atoms with van der Waals surface area (Å²) < 4.78 is 5.15. The van der Waals surface area contributed by atoms with Crippen molar-refractivity contribution in [3.8, 4) is 0 Å². The normalized spacial score (nSPS) is 13.7. The van der Waals surface area contributed by atoms with Crippen LogP contribution in [0.5, 0.6) is 0 Å². The van der Waals surface area contributed by atoms with Gasteiger partial charge < -0.3 is 14.4 Å². The number of hydrogen-bond acceptors (Lipinski definition) is 3. The second-order valence-corrected chi connectivity index (χ2v) is 6.97. The SMILES string of the molecule is O=C(O)c1c(Cl)cc2c(c1Cl)CCN(C(=O)c1ccc3cocc3c1)C2. The predicted octanol–water partition coefficient (Wildman–Crippen LogP) is 4.64. The summed E-state index contributed by atoms with van der Waals surface area (Å²) in [6.07, 6.45) is 3.71. The van der Waals surface area contributed by atoms with Gasteiger partial charge >= 0.3 is 5.97 Å². The maximum atomic E-state index is 12.9. The van der Waals surface area contributed by atoms with Gasteiger partial charge in [-0.05, 0) is 35.7 Å². The van der Waals surface area contributed by atoms with Crippen LogP contribution in [0.4, 0.5) is 0 Å². The maximum Gasteiger partial charge on any atom is 0.338 e. The molecule has 7 heteroatoms. The minimum absolute atomic E-state index is 0.0790. The summed E-state index contributed by atoms with van der Waals surface area (Å²) in [6, 6.07) is 7.00. The standard InChI is InChI=1S/C19H13Cl2NO4/c20-15-6-12-7-22(4-3-14(12)17(21)16(15)19(24)25)18(23)10-1-2-11-8-26-9-13(11)5-10/h1-2,5-6,8-9H,3-4,7H2,(H,24,25). The molecule has 2 aromatic carbocycles. The van der Waals surface area contributed by atoms with Gasteiger partial charge in [-0.3, -0.25) is 4.79 Å². The molecule has 0 saturated carbocycles. The van der Waals surface area contributed by atoms with Gasteiger partial charge in [0.2, 0.25) is 0 Å². The van der Waals surface area contributed by atoms with E-state index in [4.69, 9.17) is 27.6 Å². The van der Waals surface area contributed by atoms with Crippen LogP contribution in [0.25, 0.3) is 10.8 Å². The second-order valence-electron chi connectivity index (χ2n) is 6.18. The first-order valence-corrected chi connectivity index (χ1v) is 8.69. The van der Waals surface area contributed by atoms with Gasteiger partial charge in [-0.25, -0.2) is 4.79 Å². The van der Waals surface area contributed by atoms with Crippen LogP contribution in [-0.2, 0) is 13.0 Å². The van der Waals surface area contributed by atoms with Crippen molar-refractivity contribution in [2.24, 2.45) is 0 Å². The highest BCUT2D eigenvalue weighted by atomic mass is 35.5. The molecule has 0 aliphatic carbocycles. The number of carbonyl (C=O) groups excluding carboxylic acids is 1. The van der Waals surface area contributed by atoms with Gasteiger partial charge in [0.1, 0.15) is 0 Å². The zero-order valence-electron chi connectivity index (χ0n) is 13.5. The van der Waals surface area contributed by atoms with Crippen LogP contribution in [0.1, 0.15) is 31.8 Å². The average molecular weight is 390 g/mol. The Bertz CT molecular complexity index is 1060. The van der Waals surface area contributed by atoms with Gasteiger partial charge in [-0.2, -0.15) is 0 Å². The summed E-state index contributed by atoms with van der Waals surface area (Å²) in [6.45, 7) is 0.784. The fourth-order valence-corrected chi connectivity index (χ4v) is 4.06. The predicted molar refractivity (Wildman–Crippen MR) is 98.1 cm³/mol. The van der Waals surface area contributed by atoms with Crippen molar-refractivity contribution < 1.29 is 19.1 Å². The summed E-state index contributed by atoms with van der Waals surface area (Å²) in [5, 5.41) is 11.3. The number of aromatic carboxylic acids is 1. The maximum absolute atomic E-state index is 12.9. The Kier molecular flexibility index (Phi) is 4.13. The van der Waals surface area contributed by atoms with Gasteiger partial charge in [0, 0.05) is 29.4 Å².